The maximum atomic E-state index is 12.3. The molecule has 21 heavy (non-hydrogen) atoms. The summed E-state index contributed by atoms with van der Waals surface area (Å²) in [6, 6.07) is 0. The van der Waals surface area contributed by atoms with Crippen molar-refractivity contribution in [2.45, 2.75) is 39.2 Å². The Hall–Kier alpha value is -1.36. The van der Waals surface area contributed by atoms with Crippen molar-refractivity contribution >= 4 is 5.91 Å². The van der Waals surface area contributed by atoms with Gasteiger partial charge in [-0.05, 0) is 31.1 Å². The molecule has 3 rings (SSSR count). The van der Waals surface area contributed by atoms with Crippen molar-refractivity contribution in [2.24, 2.45) is 17.8 Å². The molecule has 0 bridgehead atoms. The van der Waals surface area contributed by atoms with Crippen LogP contribution in [0.1, 0.15) is 32.0 Å². The minimum absolute atomic E-state index is 0.0967. The van der Waals surface area contributed by atoms with Crippen molar-refractivity contribution in [3.63, 3.8) is 0 Å². The number of imidazole rings is 1. The summed E-state index contributed by atoms with van der Waals surface area (Å²) in [5.41, 5.74) is 0. The summed E-state index contributed by atoms with van der Waals surface area (Å²) in [5, 5.41) is 3.16. The molecule has 2 unspecified atom stereocenters. The Morgan fingerprint density at radius 3 is 3.10 bits per heavy atom. The Balaban J connectivity index is 1.45. The maximum absolute atomic E-state index is 12.3. The number of ether oxygens (including phenoxy) is 1. The monoisotopic (exact) mass is 291 g/mol. The first-order chi connectivity index (χ1) is 10.2. The normalized spacial score (nSPS) is 24.3. The van der Waals surface area contributed by atoms with Crippen LogP contribution in [0.15, 0.2) is 12.4 Å². The molecule has 0 radical (unpaired) electrons. The average Bonchev–Trinajstić information content (AvgIpc) is 3.00. The number of aryl methyl sites for hydroxylation is 1. The maximum Gasteiger partial charge on any atom is 0.223 e. The van der Waals surface area contributed by atoms with Crippen molar-refractivity contribution in [3.8, 4) is 0 Å². The Bertz CT molecular complexity index is 480. The highest BCUT2D eigenvalue weighted by Crippen LogP contribution is 2.24. The van der Waals surface area contributed by atoms with E-state index in [-0.39, 0.29) is 11.8 Å². The van der Waals surface area contributed by atoms with Crippen LogP contribution in [0.5, 0.6) is 0 Å². The second kappa shape index (κ2) is 6.60. The van der Waals surface area contributed by atoms with E-state index in [1.807, 2.05) is 12.4 Å². The lowest BCUT2D eigenvalue weighted by molar-refractivity contribution is -0.127. The van der Waals surface area contributed by atoms with Crippen molar-refractivity contribution in [2.75, 3.05) is 19.8 Å². The highest BCUT2D eigenvalue weighted by atomic mass is 16.5. The molecular formula is C16H25N3O2. The Morgan fingerprint density at radius 2 is 2.29 bits per heavy atom. The van der Waals surface area contributed by atoms with Gasteiger partial charge in [-0.25, -0.2) is 4.98 Å². The lowest BCUT2D eigenvalue weighted by Crippen LogP contribution is -2.39. The molecular weight excluding hydrogens is 266 g/mol. The fourth-order valence-electron chi connectivity index (χ4n) is 3.43. The number of hydrogen-bond acceptors (Lipinski definition) is 3. The van der Waals surface area contributed by atoms with Crippen LogP contribution in [-0.2, 0) is 22.5 Å². The fourth-order valence-corrected chi connectivity index (χ4v) is 3.43. The van der Waals surface area contributed by atoms with Crippen LogP contribution in [0, 0.1) is 17.8 Å². The molecule has 0 aliphatic carbocycles. The summed E-state index contributed by atoms with van der Waals surface area (Å²) in [4.78, 5) is 16.7. The Labute approximate surface area is 126 Å². The van der Waals surface area contributed by atoms with E-state index in [1.165, 1.54) is 0 Å². The van der Waals surface area contributed by atoms with Crippen LogP contribution < -0.4 is 5.32 Å². The van der Waals surface area contributed by atoms with Gasteiger partial charge in [0.2, 0.25) is 5.91 Å². The lowest BCUT2D eigenvalue weighted by Gasteiger charge is -2.28. The van der Waals surface area contributed by atoms with E-state index in [0.29, 0.717) is 11.8 Å². The summed E-state index contributed by atoms with van der Waals surface area (Å²) in [5.74, 6) is 2.45. The first-order valence-electron chi connectivity index (χ1n) is 8.09. The summed E-state index contributed by atoms with van der Waals surface area (Å²) in [7, 11) is 0. The first kappa shape index (κ1) is 14.6. The molecule has 2 aliphatic heterocycles. The zero-order chi connectivity index (χ0) is 14.7. The largest absolute Gasteiger partial charge is 0.381 e. The molecule has 2 atom stereocenters. The van der Waals surface area contributed by atoms with Gasteiger partial charge in [0, 0.05) is 51.0 Å². The number of carbonyl (C=O) groups excluding carboxylic acids is 1. The minimum Gasteiger partial charge on any atom is -0.381 e. The average molecular weight is 291 g/mol. The molecule has 116 valence electrons. The van der Waals surface area contributed by atoms with E-state index >= 15 is 0 Å². The summed E-state index contributed by atoms with van der Waals surface area (Å²) < 4.78 is 7.58. The fraction of sp³-hybridized carbons (Fsp3) is 0.750. The van der Waals surface area contributed by atoms with E-state index in [9.17, 15) is 4.79 Å². The third-order valence-corrected chi connectivity index (χ3v) is 5.00. The van der Waals surface area contributed by atoms with Crippen LogP contribution in [0.3, 0.4) is 0 Å². The molecule has 5 heteroatoms. The van der Waals surface area contributed by atoms with Crippen LogP contribution in [0.4, 0.5) is 0 Å². The van der Waals surface area contributed by atoms with E-state index in [1.54, 1.807) is 0 Å². The van der Waals surface area contributed by atoms with Gasteiger partial charge in [0.05, 0.1) is 0 Å². The molecule has 2 aliphatic rings. The Morgan fingerprint density at radius 1 is 1.48 bits per heavy atom. The van der Waals surface area contributed by atoms with Crippen molar-refractivity contribution in [3.05, 3.63) is 18.2 Å². The number of rotatable bonds is 4. The second-order valence-corrected chi connectivity index (χ2v) is 6.38. The zero-order valence-corrected chi connectivity index (χ0v) is 12.8. The van der Waals surface area contributed by atoms with Crippen LogP contribution in [-0.4, -0.2) is 35.2 Å². The number of carbonyl (C=O) groups is 1. The molecule has 5 nitrogen and oxygen atoms in total. The molecule has 0 spiro atoms. The quantitative estimate of drug-likeness (QED) is 0.917. The van der Waals surface area contributed by atoms with Gasteiger partial charge in [0.25, 0.3) is 0 Å². The van der Waals surface area contributed by atoms with Gasteiger partial charge >= 0.3 is 0 Å². The van der Waals surface area contributed by atoms with E-state index < -0.39 is 0 Å². The molecule has 1 amide bonds. The SMILES string of the molecule is CC(C(=O)NCC1CCn2ccnc2C1)C1CCOCC1. The number of aromatic nitrogens is 2. The van der Waals surface area contributed by atoms with Crippen molar-refractivity contribution in [1.82, 2.24) is 14.9 Å². The highest BCUT2D eigenvalue weighted by Gasteiger charge is 2.27. The van der Waals surface area contributed by atoms with E-state index in [0.717, 1.165) is 57.8 Å². The lowest BCUT2D eigenvalue weighted by atomic mass is 9.86. The first-order valence-corrected chi connectivity index (χ1v) is 8.09. The van der Waals surface area contributed by atoms with Gasteiger partial charge in [-0.2, -0.15) is 0 Å². The van der Waals surface area contributed by atoms with E-state index in [4.69, 9.17) is 4.74 Å². The molecule has 1 aromatic heterocycles. The molecule has 1 fully saturated rings. The van der Waals surface area contributed by atoms with Gasteiger partial charge in [-0.3, -0.25) is 4.79 Å². The van der Waals surface area contributed by atoms with Crippen LogP contribution in [0.25, 0.3) is 0 Å². The number of nitrogens with zero attached hydrogens (tertiary/aromatic N) is 2. The van der Waals surface area contributed by atoms with Gasteiger partial charge in [0.1, 0.15) is 5.82 Å². The van der Waals surface area contributed by atoms with Gasteiger partial charge in [0.15, 0.2) is 0 Å². The highest BCUT2D eigenvalue weighted by molar-refractivity contribution is 5.78. The summed E-state index contributed by atoms with van der Waals surface area (Å²) in [6.07, 6.45) is 8.01. The predicted octanol–water partition coefficient (Wildman–Crippen LogP) is 1.62. The number of amides is 1. The van der Waals surface area contributed by atoms with Gasteiger partial charge in [-0.15, -0.1) is 0 Å². The number of fused-ring (bicyclic) bond motifs is 1. The minimum atomic E-state index is 0.0967. The van der Waals surface area contributed by atoms with Crippen molar-refractivity contribution < 1.29 is 9.53 Å². The molecule has 1 N–H and O–H groups in total. The zero-order valence-electron chi connectivity index (χ0n) is 12.8. The van der Waals surface area contributed by atoms with Gasteiger partial charge in [-0.1, -0.05) is 6.92 Å². The Kier molecular flexibility index (Phi) is 4.58. The molecule has 1 saturated heterocycles. The van der Waals surface area contributed by atoms with Gasteiger partial charge < -0.3 is 14.6 Å². The molecule has 1 aromatic rings. The van der Waals surface area contributed by atoms with Crippen molar-refractivity contribution in [1.29, 1.82) is 0 Å². The second-order valence-electron chi connectivity index (χ2n) is 6.38. The number of hydrogen-bond donors (Lipinski definition) is 1. The number of nitrogens with one attached hydrogen (secondary N) is 1. The molecule has 3 heterocycles. The third kappa shape index (κ3) is 3.46. The van der Waals surface area contributed by atoms with Crippen LogP contribution >= 0.6 is 0 Å². The predicted molar refractivity (Wildman–Crippen MR) is 79.8 cm³/mol. The smallest absolute Gasteiger partial charge is 0.223 e. The van der Waals surface area contributed by atoms with E-state index in [2.05, 4.69) is 21.8 Å². The third-order valence-electron chi connectivity index (χ3n) is 5.00. The topological polar surface area (TPSA) is 56.2 Å². The van der Waals surface area contributed by atoms with Crippen LogP contribution in [0.2, 0.25) is 0 Å². The summed E-state index contributed by atoms with van der Waals surface area (Å²) in [6.45, 7) is 5.45. The molecule has 0 saturated carbocycles. The summed E-state index contributed by atoms with van der Waals surface area (Å²) >= 11 is 0. The standard InChI is InChI=1S/C16H25N3O2/c1-12(14-3-8-21-9-4-14)16(20)18-11-13-2-6-19-7-5-17-15(19)10-13/h5,7,12-14H,2-4,6,8-11H2,1H3,(H,18,20). The molecule has 0 aromatic carbocycles.